The summed E-state index contributed by atoms with van der Waals surface area (Å²) in [6.07, 6.45) is -7.74. The first-order valence-corrected chi connectivity index (χ1v) is 19.3. The van der Waals surface area contributed by atoms with E-state index in [1.165, 1.54) is 4.90 Å². The molecule has 0 aliphatic carbocycles. The summed E-state index contributed by atoms with van der Waals surface area (Å²) in [7, 11) is 0. The highest BCUT2D eigenvalue weighted by Crippen LogP contribution is 2.44. The first-order valence-electron chi connectivity index (χ1n) is 18.4. The van der Waals surface area contributed by atoms with E-state index in [0.29, 0.717) is 28.9 Å². The van der Waals surface area contributed by atoms with Crippen LogP contribution in [-0.2, 0) is 38.7 Å². The van der Waals surface area contributed by atoms with Gasteiger partial charge in [0, 0.05) is 55.9 Å². The molecule has 1 N–H and O–H groups in total. The zero-order valence-corrected chi connectivity index (χ0v) is 32.4. The number of hydrogen-bond donors (Lipinski definition) is 1. The highest BCUT2D eigenvalue weighted by Gasteiger charge is 2.57. The fourth-order valence-electron chi connectivity index (χ4n) is 7.47. The average molecular weight is 821 g/mol. The van der Waals surface area contributed by atoms with Crippen molar-refractivity contribution in [2.75, 3.05) is 26.2 Å². The van der Waals surface area contributed by atoms with Crippen LogP contribution in [0.15, 0.2) is 41.9 Å². The first kappa shape index (κ1) is 43.3. The van der Waals surface area contributed by atoms with E-state index in [9.17, 15) is 51.1 Å². The van der Waals surface area contributed by atoms with E-state index in [1.54, 1.807) is 32.9 Å². The molecule has 0 spiro atoms. The minimum Gasteiger partial charge on any atom is -0.481 e. The summed E-state index contributed by atoms with van der Waals surface area (Å²) >= 11 is 0.357. The van der Waals surface area contributed by atoms with Crippen LogP contribution in [-0.4, -0.2) is 75.6 Å². The second-order valence-electron chi connectivity index (χ2n) is 14.9. The van der Waals surface area contributed by atoms with Gasteiger partial charge in [0.1, 0.15) is 16.3 Å². The summed E-state index contributed by atoms with van der Waals surface area (Å²) in [5, 5.41) is 21.1. The van der Waals surface area contributed by atoms with Crippen molar-refractivity contribution < 1.29 is 55.3 Å². The Bertz CT molecular complexity index is 1970. The van der Waals surface area contributed by atoms with Crippen LogP contribution in [0.2, 0.25) is 0 Å². The molecule has 306 valence electrons. The Balaban J connectivity index is 1.47. The third-order valence-corrected chi connectivity index (χ3v) is 11.7. The molecule has 17 heteroatoms. The maximum atomic E-state index is 15.0. The fraction of sp³-hybridized carbons (Fsp3) is 0.525. The lowest BCUT2D eigenvalue weighted by molar-refractivity contribution is -0.160. The summed E-state index contributed by atoms with van der Waals surface area (Å²) in [6, 6.07) is 12.9. The summed E-state index contributed by atoms with van der Waals surface area (Å²) in [5.74, 6) is -3.01. The maximum Gasteiger partial charge on any atom is 0.425 e. The maximum absolute atomic E-state index is 15.0. The van der Waals surface area contributed by atoms with Gasteiger partial charge < -0.3 is 24.4 Å². The highest BCUT2D eigenvalue weighted by molar-refractivity contribution is 7.10. The molecule has 1 aromatic carbocycles. The molecule has 2 amide bonds. The monoisotopic (exact) mass is 820 g/mol. The molecule has 0 bridgehead atoms. The molecule has 10 nitrogen and oxygen atoms in total. The second-order valence-corrected chi connectivity index (χ2v) is 15.8. The number of carboxylic acids is 1. The number of rotatable bonds is 13. The number of aromatic nitrogens is 1. The SMILES string of the molecule is CCCC1N(C(=O)c2ncccc2C(F)(F)F)CCCC1(Oc1csc(C(F)(F)F)c1)C(=O)N1CCC(C#N)(c2ccc#cc2COCCC(C)(C)C(=O)O)CC1. The van der Waals surface area contributed by atoms with Gasteiger partial charge in [-0.25, -0.2) is 0 Å². The Morgan fingerprint density at radius 2 is 1.81 bits per heavy atom. The number of carbonyl (C=O) groups excluding carboxylic acids is 2. The Hall–Kier alpha value is -4.87. The van der Waals surface area contributed by atoms with Gasteiger partial charge in [0.25, 0.3) is 11.8 Å². The fourth-order valence-corrected chi connectivity index (χ4v) is 8.15. The van der Waals surface area contributed by atoms with Gasteiger partial charge in [0.15, 0.2) is 0 Å². The number of carbonyl (C=O) groups is 3. The highest BCUT2D eigenvalue weighted by atomic mass is 32.1. The number of likely N-dealkylation sites (tertiary alicyclic amines) is 2. The topological polar surface area (TPSA) is 133 Å². The van der Waals surface area contributed by atoms with E-state index < -0.39 is 68.7 Å². The van der Waals surface area contributed by atoms with Crippen molar-refractivity contribution in [1.82, 2.24) is 14.8 Å². The number of hydrogen-bond acceptors (Lipinski definition) is 8. The summed E-state index contributed by atoms with van der Waals surface area (Å²) in [5.41, 5.74) is -5.18. The second kappa shape index (κ2) is 16.9. The molecule has 2 aliphatic heterocycles. The molecule has 3 aromatic rings. The van der Waals surface area contributed by atoms with Crippen molar-refractivity contribution in [3.63, 3.8) is 0 Å². The number of carboxylic acid groups (broad SMARTS) is 1. The molecule has 2 saturated heterocycles. The van der Waals surface area contributed by atoms with Crippen molar-refractivity contribution in [3.05, 3.63) is 81.3 Å². The number of alkyl halides is 6. The van der Waals surface area contributed by atoms with Gasteiger partial charge in [0.05, 0.1) is 35.1 Å². The molecule has 5 rings (SSSR count). The standard InChI is InChI=1S/C40H42F6N4O6S/c1-4-9-30-38(56-27-22-31(57-24-27)40(44,45)46,13-8-18-50(30)33(51)32-29(39(41,42)43)12-7-17-48-32)34(52)49-19-14-37(25-47,15-20-49)28-11-6-5-10-26(28)23-55-21-16-36(2,3)35(53)54/h6-7,11-12,17,22,24,30H,4,8-9,13-16,18-21,23H2,1-3H3,(H,53,54). The van der Waals surface area contributed by atoms with Crippen molar-refractivity contribution >= 4 is 29.1 Å². The zero-order valence-electron chi connectivity index (χ0n) is 31.6. The summed E-state index contributed by atoms with van der Waals surface area (Å²) < 4.78 is 95.5. The van der Waals surface area contributed by atoms with Crippen LogP contribution < -0.4 is 4.74 Å². The van der Waals surface area contributed by atoms with Crippen LogP contribution in [0.4, 0.5) is 26.3 Å². The predicted octanol–water partition coefficient (Wildman–Crippen LogP) is 8.11. The Kier molecular flexibility index (Phi) is 12.8. The van der Waals surface area contributed by atoms with Crippen molar-refractivity contribution in [1.29, 1.82) is 5.26 Å². The number of nitriles is 1. The van der Waals surface area contributed by atoms with E-state index in [-0.39, 0.29) is 77.1 Å². The Morgan fingerprint density at radius 3 is 2.42 bits per heavy atom. The van der Waals surface area contributed by atoms with Crippen LogP contribution in [0, 0.1) is 28.9 Å². The van der Waals surface area contributed by atoms with Crippen molar-refractivity contribution in [2.45, 2.75) is 102 Å². The van der Waals surface area contributed by atoms with E-state index in [1.807, 2.05) is 0 Å². The Labute approximate surface area is 330 Å². The van der Waals surface area contributed by atoms with Gasteiger partial charge in [-0.2, -0.15) is 31.6 Å². The van der Waals surface area contributed by atoms with Gasteiger partial charge in [-0.15, -0.1) is 11.3 Å². The number of halogens is 6. The van der Waals surface area contributed by atoms with Crippen molar-refractivity contribution in [2.24, 2.45) is 5.41 Å². The van der Waals surface area contributed by atoms with Crippen LogP contribution in [0.1, 0.15) is 97.8 Å². The lowest BCUT2D eigenvalue weighted by Crippen LogP contribution is -2.68. The number of ether oxygens (including phenoxy) is 2. The quantitative estimate of drug-likeness (QED) is 0.135. The van der Waals surface area contributed by atoms with Crippen molar-refractivity contribution in [3.8, 4) is 11.8 Å². The van der Waals surface area contributed by atoms with Gasteiger partial charge in [-0.05, 0) is 75.8 Å². The third kappa shape index (κ3) is 9.15. The van der Waals surface area contributed by atoms with E-state index in [2.05, 4.69) is 23.2 Å². The average Bonchev–Trinajstić information content (AvgIpc) is 3.66. The number of amides is 2. The van der Waals surface area contributed by atoms with Crippen LogP contribution in [0.3, 0.4) is 0 Å². The van der Waals surface area contributed by atoms with Crippen LogP contribution in [0.5, 0.6) is 5.75 Å². The molecule has 0 saturated carbocycles. The van der Waals surface area contributed by atoms with Gasteiger partial charge >= 0.3 is 18.3 Å². The van der Waals surface area contributed by atoms with Gasteiger partial charge in [-0.3, -0.25) is 19.4 Å². The lowest BCUT2D eigenvalue weighted by Gasteiger charge is -2.51. The smallest absolute Gasteiger partial charge is 0.425 e. The Morgan fingerprint density at radius 1 is 1.09 bits per heavy atom. The molecule has 2 fully saturated rings. The van der Waals surface area contributed by atoms with Gasteiger partial charge in [0.2, 0.25) is 5.60 Å². The third-order valence-electron chi connectivity index (χ3n) is 10.7. The predicted molar refractivity (Wildman–Crippen MR) is 194 cm³/mol. The van der Waals surface area contributed by atoms with E-state index >= 15 is 0 Å². The molecule has 2 aromatic heterocycles. The molecule has 0 radical (unpaired) electrons. The van der Waals surface area contributed by atoms with Crippen LogP contribution >= 0.6 is 11.3 Å². The summed E-state index contributed by atoms with van der Waals surface area (Å²) in [6.45, 7) is 4.96. The number of thiophene rings is 1. The number of pyridine rings is 1. The molecule has 2 aliphatic rings. The van der Waals surface area contributed by atoms with E-state index in [4.69, 9.17) is 9.47 Å². The summed E-state index contributed by atoms with van der Waals surface area (Å²) in [4.78, 5) is 45.9. The molecule has 57 heavy (non-hydrogen) atoms. The number of aliphatic carboxylic acids is 1. The zero-order chi connectivity index (χ0) is 41.8. The molecular formula is C40H42F6N4O6S. The first-order chi connectivity index (χ1) is 26.8. The van der Waals surface area contributed by atoms with Crippen LogP contribution in [0.25, 0.3) is 0 Å². The molecule has 2 unspecified atom stereocenters. The largest absolute Gasteiger partial charge is 0.481 e. The number of piperidine rings is 2. The molecule has 4 heterocycles. The number of nitrogens with zero attached hydrogens (tertiary/aromatic N) is 4. The lowest BCUT2D eigenvalue weighted by atomic mass is 9.72. The molecular weight excluding hydrogens is 779 g/mol. The van der Waals surface area contributed by atoms with E-state index in [0.717, 1.165) is 34.7 Å². The van der Waals surface area contributed by atoms with Gasteiger partial charge in [-0.1, -0.05) is 25.5 Å². The minimum atomic E-state index is -4.93. The molecule has 2 atom stereocenters. The minimum absolute atomic E-state index is 0.00803. The normalized spacial score (nSPS) is 20.0.